The molecule has 1 aliphatic rings. The Bertz CT molecular complexity index is 1510. The molecule has 0 atom stereocenters. The van der Waals surface area contributed by atoms with Gasteiger partial charge in [0.05, 0.1) is 7.11 Å². The van der Waals surface area contributed by atoms with Gasteiger partial charge in [-0.15, -0.1) is 0 Å². The third kappa shape index (κ3) is 8.34. The maximum Gasteiger partial charge on any atom is 0.254 e. The largest absolute Gasteiger partial charge is 0.497 e. The summed E-state index contributed by atoms with van der Waals surface area (Å²) in [5.74, 6) is 7.87. The van der Waals surface area contributed by atoms with Crippen molar-refractivity contribution in [3.8, 4) is 28.7 Å². The lowest BCUT2D eigenvalue weighted by Crippen LogP contribution is -2.47. The molecule has 5 rings (SSSR count). The lowest BCUT2D eigenvalue weighted by atomic mass is 9.99. The zero-order valence-electron chi connectivity index (χ0n) is 25.5. The van der Waals surface area contributed by atoms with Gasteiger partial charge in [0.25, 0.3) is 5.91 Å². The molecule has 0 bridgehead atoms. The molecule has 4 aromatic rings. The Kier molecular flexibility index (Phi) is 10.3. The Morgan fingerprint density at radius 1 is 0.907 bits per heavy atom. The van der Waals surface area contributed by atoms with Crippen LogP contribution in [0.15, 0.2) is 97.2 Å². The van der Waals surface area contributed by atoms with E-state index in [2.05, 4.69) is 76.9 Å². The van der Waals surface area contributed by atoms with Crippen LogP contribution in [0, 0.1) is 17.8 Å². The van der Waals surface area contributed by atoms with Crippen molar-refractivity contribution in [3.05, 3.63) is 120 Å². The van der Waals surface area contributed by atoms with Crippen LogP contribution in [0.4, 0.5) is 0 Å². The van der Waals surface area contributed by atoms with Gasteiger partial charge in [-0.2, -0.15) is 0 Å². The number of hydrogen-bond acceptors (Lipinski definition) is 4. The molecule has 5 nitrogen and oxygen atoms in total. The first-order valence-electron chi connectivity index (χ1n) is 15.3. The van der Waals surface area contributed by atoms with E-state index in [-0.39, 0.29) is 11.9 Å². The first kappa shape index (κ1) is 30.1. The van der Waals surface area contributed by atoms with E-state index < -0.39 is 0 Å². The van der Waals surface area contributed by atoms with Crippen molar-refractivity contribution < 1.29 is 9.53 Å². The van der Waals surface area contributed by atoms with Crippen LogP contribution in [0.1, 0.15) is 60.3 Å². The van der Waals surface area contributed by atoms with Gasteiger partial charge in [-0.1, -0.05) is 62.2 Å². The number of amides is 1. The lowest BCUT2D eigenvalue weighted by Gasteiger charge is -2.39. The quantitative estimate of drug-likeness (QED) is 0.198. The highest BCUT2D eigenvalue weighted by Gasteiger charge is 2.29. The molecule has 0 aliphatic carbocycles. The molecule has 0 unspecified atom stereocenters. The SMILES string of the molecule is COc1ccc(-c2ccc(CN(C(=O)c3ccc(C#Cc4ccccn4)cc3)C3CCN(CCC(C)C)CC3)cc2)cc1. The standard InChI is InChI=1S/C38H41N3O2/c1-29(2)21-25-40-26-22-36(23-27-40)41(28-31-9-12-32(13-10-31)33-16-19-37(43-3)20-17-33)38(42)34-14-7-30(8-15-34)11-18-35-6-4-5-24-39-35/h4-10,12-17,19-20,24,29,36H,21-23,25-28H2,1-3H3. The van der Waals surface area contributed by atoms with Crippen molar-refractivity contribution in [1.29, 1.82) is 0 Å². The fourth-order valence-corrected chi connectivity index (χ4v) is 5.48. The molecular formula is C38H41N3O2. The highest BCUT2D eigenvalue weighted by atomic mass is 16.5. The molecule has 1 amide bonds. The van der Waals surface area contributed by atoms with Gasteiger partial charge < -0.3 is 14.5 Å². The Balaban J connectivity index is 1.32. The first-order valence-corrected chi connectivity index (χ1v) is 15.3. The molecule has 0 saturated carbocycles. The van der Waals surface area contributed by atoms with Gasteiger partial charge >= 0.3 is 0 Å². The van der Waals surface area contributed by atoms with Gasteiger partial charge in [-0.05, 0) is 103 Å². The maximum atomic E-state index is 14.0. The number of benzene rings is 3. The van der Waals surface area contributed by atoms with Crippen molar-refractivity contribution >= 4 is 5.91 Å². The number of likely N-dealkylation sites (tertiary alicyclic amines) is 1. The molecule has 0 spiro atoms. The van der Waals surface area contributed by atoms with E-state index in [0.717, 1.165) is 66.2 Å². The van der Waals surface area contributed by atoms with Crippen LogP contribution in [0.2, 0.25) is 0 Å². The van der Waals surface area contributed by atoms with Crippen molar-refractivity contribution in [2.24, 2.45) is 5.92 Å². The first-order chi connectivity index (χ1) is 21.0. The topological polar surface area (TPSA) is 45.7 Å². The molecule has 3 aromatic carbocycles. The monoisotopic (exact) mass is 571 g/mol. The van der Waals surface area contributed by atoms with Crippen LogP contribution >= 0.6 is 0 Å². The second-order valence-corrected chi connectivity index (χ2v) is 11.7. The highest BCUT2D eigenvalue weighted by Crippen LogP contribution is 2.26. The van der Waals surface area contributed by atoms with E-state index in [1.54, 1.807) is 13.3 Å². The van der Waals surface area contributed by atoms with E-state index in [9.17, 15) is 4.79 Å². The zero-order valence-corrected chi connectivity index (χ0v) is 25.5. The van der Waals surface area contributed by atoms with Gasteiger partial charge in [0.1, 0.15) is 11.4 Å². The molecule has 0 N–H and O–H groups in total. The fraction of sp³-hybridized carbons (Fsp3) is 0.316. The molecule has 0 radical (unpaired) electrons. The predicted octanol–water partition coefficient (Wildman–Crippen LogP) is 7.31. The molecule has 1 saturated heterocycles. The number of piperidine rings is 1. The summed E-state index contributed by atoms with van der Waals surface area (Å²) in [6, 6.07) is 30.2. The summed E-state index contributed by atoms with van der Waals surface area (Å²) in [5.41, 5.74) is 5.70. The summed E-state index contributed by atoms with van der Waals surface area (Å²) >= 11 is 0. The lowest BCUT2D eigenvalue weighted by molar-refractivity contribution is 0.0546. The molecule has 43 heavy (non-hydrogen) atoms. The van der Waals surface area contributed by atoms with E-state index >= 15 is 0 Å². The van der Waals surface area contributed by atoms with Crippen molar-refractivity contribution in [2.45, 2.75) is 45.7 Å². The third-order valence-electron chi connectivity index (χ3n) is 8.14. The van der Waals surface area contributed by atoms with Gasteiger partial charge in [0.2, 0.25) is 0 Å². The summed E-state index contributed by atoms with van der Waals surface area (Å²) in [6.07, 6.45) is 4.92. The zero-order chi connectivity index (χ0) is 30.0. The van der Waals surface area contributed by atoms with Crippen LogP contribution in [-0.2, 0) is 6.54 Å². The number of carbonyl (C=O) groups is 1. The summed E-state index contributed by atoms with van der Waals surface area (Å²) in [7, 11) is 1.68. The number of ether oxygens (including phenoxy) is 1. The molecule has 1 fully saturated rings. The van der Waals surface area contributed by atoms with Crippen molar-refractivity contribution in [2.75, 3.05) is 26.7 Å². The fourth-order valence-electron chi connectivity index (χ4n) is 5.48. The van der Waals surface area contributed by atoms with E-state index in [4.69, 9.17) is 4.74 Å². The maximum absolute atomic E-state index is 14.0. The Morgan fingerprint density at radius 2 is 1.58 bits per heavy atom. The number of rotatable bonds is 9. The number of pyridine rings is 1. The van der Waals surface area contributed by atoms with Crippen molar-refractivity contribution in [1.82, 2.24) is 14.8 Å². The minimum atomic E-state index is 0.0732. The number of nitrogens with zero attached hydrogens (tertiary/aromatic N) is 3. The summed E-state index contributed by atoms with van der Waals surface area (Å²) in [5, 5.41) is 0. The average Bonchev–Trinajstić information content (AvgIpc) is 3.06. The molecule has 1 aliphatic heterocycles. The van der Waals surface area contributed by atoms with E-state index in [0.29, 0.717) is 18.0 Å². The highest BCUT2D eigenvalue weighted by molar-refractivity contribution is 5.94. The number of hydrogen-bond donors (Lipinski definition) is 0. The minimum absolute atomic E-state index is 0.0732. The Hall–Kier alpha value is -4.40. The van der Waals surface area contributed by atoms with Crippen LogP contribution in [-0.4, -0.2) is 53.5 Å². The van der Waals surface area contributed by atoms with Gasteiger partial charge in [0.15, 0.2) is 0 Å². The number of aromatic nitrogens is 1. The van der Waals surface area contributed by atoms with E-state index in [1.165, 1.54) is 6.42 Å². The number of carbonyl (C=O) groups excluding carboxylic acids is 1. The molecule has 220 valence electrons. The van der Waals surface area contributed by atoms with Crippen molar-refractivity contribution in [3.63, 3.8) is 0 Å². The van der Waals surface area contributed by atoms with Crippen LogP contribution in [0.5, 0.6) is 5.75 Å². The normalized spacial score (nSPS) is 13.8. The van der Waals surface area contributed by atoms with Gasteiger partial charge in [0, 0.05) is 43.0 Å². The second kappa shape index (κ2) is 14.7. The molecule has 1 aromatic heterocycles. The molecule has 2 heterocycles. The van der Waals surface area contributed by atoms with Crippen LogP contribution < -0.4 is 4.74 Å². The van der Waals surface area contributed by atoms with Gasteiger partial charge in [-0.25, -0.2) is 4.98 Å². The van der Waals surface area contributed by atoms with Gasteiger partial charge in [-0.3, -0.25) is 4.79 Å². The predicted molar refractivity (Wildman–Crippen MR) is 174 cm³/mol. The third-order valence-corrected chi connectivity index (χ3v) is 8.14. The summed E-state index contributed by atoms with van der Waals surface area (Å²) < 4.78 is 5.30. The number of methoxy groups -OCH3 is 1. The Morgan fingerprint density at radius 3 is 2.19 bits per heavy atom. The smallest absolute Gasteiger partial charge is 0.254 e. The van der Waals surface area contributed by atoms with E-state index in [1.807, 2.05) is 54.6 Å². The molecule has 5 heteroatoms. The van der Waals surface area contributed by atoms with Crippen LogP contribution in [0.3, 0.4) is 0 Å². The minimum Gasteiger partial charge on any atom is -0.497 e. The second-order valence-electron chi connectivity index (χ2n) is 11.7. The Labute approximate surface area is 256 Å². The molecular weight excluding hydrogens is 530 g/mol. The average molecular weight is 572 g/mol. The summed E-state index contributed by atoms with van der Waals surface area (Å²) in [4.78, 5) is 23.0. The van der Waals surface area contributed by atoms with Crippen LogP contribution in [0.25, 0.3) is 11.1 Å². The summed E-state index contributed by atoms with van der Waals surface area (Å²) in [6.45, 7) is 8.33.